The van der Waals surface area contributed by atoms with Gasteiger partial charge in [0.05, 0.1) is 0 Å². The van der Waals surface area contributed by atoms with Crippen LogP contribution < -0.4 is 0 Å². The van der Waals surface area contributed by atoms with Crippen molar-refractivity contribution in [3.8, 4) is 0 Å². The number of carboxylic acids is 1. The first-order valence-electron chi connectivity index (χ1n) is 6.53. The number of nitrogens with zero attached hydrogens (tertiary/aromatic N) is 1. The summed E-state index contributed by atoms with van der Waals surface area (Å²) in [7, 11) is 0. The summed E-state index contributed by atoms with van der Waals surface area (Å²) in [5, 5.41) is 12.2. The first-order valence-corrected chi connectivity index (χ1v) is 8.58. The number of thiophene rings is 1. The van der Waals surface area contributed by atoms with Crippen LogP contribution in [0.3, 0.4) is 0 Å². The van der Waals surface area contributed by atoms with Crippen molar-refractivity contribution in [3.63, 3.8) is 0 Å². The van der Waals surface area contributed by atoms with Crippen molar-refractivity contribution in [2.75, 3.05) is 6.54 Å². The standard InChI is InChI=1S/C15H13BrClNO2S/c16-12-2-1-10(17)7-9(12)8-18-5-3-13-11(4-6-21-13)14(18)15(19)20/h1-2,4,6-7,14H,3,5,8H2,(H,19,20). The lowest BCUT2D eigenvalue weighted by Gasteiger charge is -2.33. The van der Waals surface area contributed by atoms with Gasteiger partial charge in [-0.15, -0.1) is 11.3 Å². The van der Waals surface area contributed by atoms with Gasteiger partial charge in [0.2, 0.25) is 0 Å². The Morgan fingerprint density at radius 2 is 2.29 bits per heavy atom. The molecule has 1 atom stereocenters. The molecule has 0 saturated carbocycles. The van der Waals surface area contributed by atoms with Gasteiger partial charge in [-0.2, -0.15) is 0 Å². The Bertz CT molecular complexity index is 688. The van der Waals surface area contributed by atoms with Gasteiger partial charge in [0, 0.05) is 27.5 Å². The van der Waals surface area contributed by atoms with Crippen LogP contribution in [-0.4, -0.2) is 22.5 Å². The Balaban J connectivity index is 1.91. The molecule has 0 fully saturated rings. The second kappa shape index (κ2) is 6.08. The van der Waals surface area contributed by atoms with Crippen molar-refractivity contribution >= 4 is 44.8 Å². The molecule has 3 nitrogen and oxygen atoms in total. The zero-order valence-electron chi connectivity index (χ0n) is 11.1. The molecule has 21 heavy (non-hydrogen) atoms. The van der Waals surface area contributed by atoms with Crippen molar-refractivity contribution in [2.24, 2.45) is 0 Å². The zero-order chi connectivity index (χ0) is 15.0. The SMILES string of the molecule is O=C(O)C1c2ccsc2CCN1Cc1cc(Cl)ccc1Br. The Morgan fingerprint density at radius 3 is 3.05 bits per heavy atom. The number of carboxylic acid groups (broad SMARTS) is 1. The predicted octanol–water partition coefficient (Wildman–Crippen LogP) is 4.35. The average molecular weight is 387 g/mol. The summed E-state index contributed by atoms with van der Waals surface area (Å²) in [6.07, 6.45) is 0.898. The Labute approximate surface area is 140 Å². The van der Waals surface area contributed by atoms with E-state index in [2.05, 4.69) is 15.9 Å². The zero-order valence-corrected chi connectivity index (χ0v) is 14.2. The molecule has 0 spiro atoms. The third kappa shape index (κ3) is 3.01. The van der Waals surface area contributed by atoms with Crippen molar-refractivity contribution in [1.82, 2.24) is 4.90 Å². The lowest BCUT2D eigenvalue weighted by molar-refractivity contribution is -0.144. The van der Waals surface area contributed by atoms with Crippen LogP contribution in [-0.2, 0) is 17.8 Å². The Hall–Kier alpha value is -0.880. The summed E-state index contributed by atoms with van der Waals surface area (Å²) in [6.45, 7) is 1.30. The molecular weight excluding hydrogens is 374 g/mol. The molecule has 1 aromatic carbocycles. The van der Waals surface area contributed by atoms with Crippen LogP contribution in [0.15, 0.2) is 34.1 Å². The van der Waals surface area contributed by atoms with E-state index in [1.165, 1.54) is 4.88 Å². The van der Waals surface area contributed by atoms with E-state index in [1.807, 2.05) is 34.5 Å². The number of hydrogen-bond donors (Lipinski definition) is 1. The highest BCUT2D eigenvalue weighted by molar-refractivity contribution is 9.10. The van der Waals surface area contributed by atoms with E-state index >= 15 is 0 Å². The largest absolute Gasteiger partial charge is 0.480 e. The fourth-order valence-electron chi connectivity index (χ4n) is 2.71. The first kappa shape index (κ1) is 15.0. The van der Waals surface area contributed by atoms with Crippen molar-refractivity contribution in [3.05, 3.63) is 55.1 Å². The Kier molecular flexibility index (Phi) is 4.36. The second-order valence-electron chi connectivity index (χ2n) is 5.00. The predicted molar refractivity (Wildman–Crippen MR) is 88.0 cm³/mol. The van der Waals surface area contributed by atoms with E-state index in [4.69, 9.17) is 11.6 Å². The highest BCUT2D eigenvalue weighted by Crippen LogP contribution is 2.35. The summed E-state index contributed by atoms with van der Waals surface area (Å²) < 4.78 is 0.951. The monoisotopic (exact) mass is 385 g/mol. The molecule has 1 aliphatic heterocycles. The van der Waals surface area contributed by atoms with Crippen LogP contribution >= 0.6 is 38.9 Å². The minimum Gasteiger partial charge on any atom is -0.480 e. The third-order valence-corrected chi connectivity index (χ3v) is 5.69. The van der Waals surface area contributed by atoms with E-state index < -0.39 is 12.0 Å². The smallest absolute Gasteiger partial charge is 0.325 e. The number of hydrogen-bond acceptors (Lipinski definition) is 3. The number of halogens is 2. The van der Waals surface area contributed by atoms with Gasteiger partial charge in [0.1, 0.15) is 6.04 Å². The average Bonchev–Trinajstić information content (AvgIpc) is 2.90. The first-order chi connectivity index (χ1) is 10.1. The van der Waals surface area contributed by atoms with Crippen LogP contribution in [0.5, 0.6) is 0 Å². The van der Waals surface area contributed by atoms with E-state index in [-0.39, 0.29) is 0 Å². The normalized spacial score (nSPS) is 18.5. The molecule has 0 aliphatic carbocycles. The minimum absolute atomic E-state index is 0.563. The highest BCUT2D eigenvalue weighted by atomic mass is 79.9. The van der Waals surface area contributed by atoms with Gasteiger partial charge in [-0.1, -0.05) is 27.5 Å². The second-order valence-corrected chi connectivity index (χ2v) is 7.29. The number of fused-ring (bicyclic) bond motifs is 1. The number of carbonyl (C=O) groups is 1. The molecule has 0 saturated heterocycles. The quantitative estimate of drug-likeness (QED) is 0.852. The van der Waals surface area contributed by atoms with Gasteiger partial charge in [-0.25, -0.2) is 0 Å². The number of rotatable bonds is 3. The molecule has 2 aromatic rings. The van der Waals surface area contributed by atoms with Crippen LogP contribution in [0.2, 0.25) is 5.02 Å². The molecule has 110 valence electrons. The van der Waals surface area contributed by atoms with Gasteiger partial charge in [0.25, 0.3) is 0 Å². The maximum absolute atomic E-state index is 11.7. The summed E-state index contributed by atoms with van der Waals surface area (Å²) in [5.74, 6) is -0.799. The van der Waals surface area contributed by atoms with Crippen molar-refractivity contribution in [2.45, 2.75) is 19.0 Å². The topological polar surface area (TPSA) is 40.5 Å². The summed E-state index contributed by atoms with van der Waals surface area (Å²) in [4.78, 5) is 14.9. The van der Waals surface area contributed by atoms with Crippen LogP contribution in [0, 0.1) is 0 Å². The molecule has 6 heteroatoms. The molecule has 1 N–H and O–H groups in total. The number of benzene rings is 1. The Morgan fingerprint density at radius 1 is 1.48 bits per heavy atom. The molecule has 1 aromatic heterocycles. The molecule has 1 unspecified atom stereocenters. The molecular formula is C15H13BrClNO2S. The van der Waals surface area contributed by atoms with Crippen LogP contribution in [0.4, 0.5) is 0 Å². The molecule has 3 rings (SSSR count). The van der Waals surface area contributed by atoms with Crippen LogP contribution in [0.1, 0.15) is 22.0 Å². The summed E-state index contributed by atoms with van der Waals surface area (Å²) in [5.41, 5.74) is 1.93. The maximum atomic E-state index is 11.7. The van der Waals surface area contributed by atoms with Gasteiger partial charge in [0.15, 0.2) is 0 Å². The lowest BCUT2D eigenvalue weighted by Crippen LogP contribution is -2.38. The minimum atomic E-state index is -0.799. The van der Waals surface area contributed by atoms with E-state index in [9.17, 15) is 9.90 Å². The number of aliphatic carboxylic acids is 1. The fourth-order valence-corrected chi connectivity index (χ4v) is 4.18. The van der Waals surface area contributed by atoms with Gasteiger partial charge in [-0.3, -0.25) is 9.69 Å². The van der Waals surface area contributed by atoms with E-state index in [1.54, 1.807) is 11.3 Å². The maximum Gasteiger partial charge on any atom is 0.325 e. The van der Waals surface area contributed by atoms with Crippen LogP contribution in [0.25, 0.3) is 0 Å². The summed E-state index contributed by atoms with van der Waals surface area (Å²) >= 11 is 11.2. The lowest BCUT2D eigenvalue weighted by atomic mass is 9.99. The van der Waals surface area contributed by atoms with Gasteiger partial charge < -0.3 is 5.11 Å². The molecule has 0 amide bonds. The van der Waals surface area contributed by atoms with Crippen molar-refractivity contribution in [1.29, 1.82) is 0 Å². The van der Waals surface area contributed by atoms with E-state index in [0.29, 0.717) is 11.6 Å². The highest BCUT2D eigenvalue weighted by Gasteiger charge is 2.33. The van der Waals surface area contributed by atoms with Crippen molar-refractivity contribution < 1.29 is 9.90 Å². The molecule has 0 bridgehead atoms. The van der Waals surface area contributed by atoms with Gasteiger partial charge >= 0.3 is 5.97 Å². The summed E-state index contributed by atoms with van der Waals surface area (Å²) in [6, 6.07) is 6.95. The molecule has 2 heterocycles. The third-order valence-electron chi connectivity index (χ3n) is 3.68. The fraction of sp³-hybridized carbons (Fsp3) is 0.267. The molecule has 1 aliphatic rings. The van der Waals surface area contributed by atoms with E-state index in [0.717, 1.165) is 28.6 Å². The van der Waals surface area contributed by atoms with Gasteiger partial charge in [-0.05, 0) is 47.2 Å². The molecule has 0 radical (unpaired) electrons.